The Hall–Kier alpha value is -2.12. The standard InChI is InChI=1S/C17H27N.C16H26N2.C14H24N2S/c1-15(2,3)17(16(4,5)6)11-12-9-7-8-10-13(12)14(17)18;1-14(2,3)16(15(4,5)6)10-12-11(13(16)17)8-7-9-18-12;1-12(2,3)14(13(4,5)6)7-9-10(11(14)15)17-8-16-9/h7-10,14H,11,18H2,1-6H3;7-9,13H,10,17H2,1-6H3;8,11H,7,15H2,1-6H3/t14-;13-;11-/m111/s1. The van der Waals surface area contributed by atoms with E-state index in [4.69, 9.17) is 17.2 Å². The predicted molar refractivity (Wildman–Crippen MR) is 229 cm³/mol. The predicted octanol–water partition coefficient (Wildman–Crippen LogP) is 11.8. The van der Waals surface area contributed by atoms with Crippen LogP contribution in [-0.4, -0.2) is 9.97 Å². The number of pyridine rings is 1. The number of thiazole rings is 1. The number of rotatable bonds is 0. The Morgan fingerprint density at radius 3 is 1.32 bits per heavy atom. The third-order valence-corrected chi connectivity index (χ3v) is 15.5. The molecule has 6 heteroatoms. The second-order valence-corrected chi connectivity index (χ2v) is 23.7. The van der Waals surface area contributed by atoms with E-state index in [2.05, 4.69) is 165 Å². The summed E-state index contributed by atoms with van der Waals surface area (Å²) in [5.41, 5.74) is 29.6. The molecule has 0 radical (unpaired) electrons. The minimum absolute atomic E-state index is 0.0523. The summed E-state index contributed by atoms with van der Waals surface area (Å²) < 4.78 is 0. The summed E-state index contributed by atoms with van der Waals surface area (Å²) in [4.78, 5) is 10.4. The number of fused-ring (bicyclic) bond motifs is 3. The van der Waals surface area contributed by atoms with Gasteiger partial charge in [0.25, 0.3) is 0 Å². The van der Waals surface area contributed by atoms with Gasteiger partial charge in [0, 0.05) is 51.1 Å². The second-order valence-electron chi connectivity index (χ2n) is 22.8. The van der Waals surface area contributed by atoms with Crippen molar-refractivity contribution in [3.05, 3.63) is 81.1 Å². The summed E-state index contributed by atoms with van der Waals surface area (Å²) in [5.74, 6) is 0. The fourth-order valence-electron chi connectivity index (χ4n) is 12.2. The first-order chi connectivity index (χ1) is 23.8. The van der Waals surface area contributed by atoms with Crippen molar-refractivity contribution in [1.82, 2.24) is 9.97 Å². The Labute approximate surface area is 329 Å². The number of hydrogen-bond donors (Lipinski definition) is 3. The SMILES string of the molecule is CC(C)(C)C1(C(C)(C)C)Cc2ccccc2[C@H]1N.CC(C)(C)C1(C(C)(C)C)Cc2ncccc2[C@H]1N.CC(C)(C)C1(C(C)(C)C)Cc2ncsc2[C@H]1N. The Bertz CT molecular complexity index is 1590. The number of benzene rings is 1. The van der Waals surface area contributed by atoms with Gasteiger partial charge in [0.05, 0.1) is 11.2 Å². The summed E-state index contributed by atoms with van der Waals surface area (Å²) in [6.45, 7) is 41.8. The van der Waals surface area contributed by atoms with Gasteiger partial charge in [-0.05, 0) is 74.5 Å². The minimum Gasteiger partial charge on any atom is -0.323 e. The van der Waals surface area contributed by atoms with Crippen LogP contribution < -0.4 is 17.2 Å². The quantitative estimate of drug-likeness (QED) is 0.213. The van der Waals surface area contributed by atoms with E-state index in [9.17, 15) is 0 Å². The molecule has 2 aromatic heterocycles. The van der Waals surface area contributed by atoms with E-state index in [0.717, 1.165) is 19.3 Å². The van der Waals surface area contributed by atoms with Crippen LogP contribution >= 0.6 is 11.3 Å². The van der Waals surface area contributed by atoms with Crippen molar-refractivity contribution >= 4 is 11.3 Å². The Morgan fingerprint density at radius 2 is 0.887 bits per heavy atom. The van der Waals surface area contributed by atoms with Crippen molar-refractivity contribution in [3.8, 4) is 0 Å². The lowest BCUT2D eigenvalue weighted by Gasteiger charge is -2.54. The topological polar surface area (TPSA) is 104 Å². The highest BCUT2D eigenvalue weighted by molar-refractivity contribution is 7.09. The van der Waals surface area contributed by atoms with Crippen LogP contribution in [0.5, 0.6) is 0 Å². The van der Waals surface area contributed by atoms with Gasteiger partial charge in [-0.3, -0.25) is 4.98 Å². The molecule has 1 aromatic carbocycles. The molecule has 3 aliphatic carbocycles. The van der Waals surface area contributed by atoms with Gasteiger partial charge in [-0.25, -0.2) is 4.98 Å². The van der Waals surface area contributed by atoms with Crippen molar-refractivity contribution in [3.63, 3.8) is 0 Å². The van der Waals surface area contributed by atoms with Crippen molar-refractivity contribution in [2.45, 2.75) is 162 Å². The third-order valence-electron chi connectivity index (χ3n) is 14.6. The molecular weight excluding hydrogens is 667 g/mol. The molecule has 3 aliphatic rings. The Morgan fingerprint density at radius 1 is 0.491 bits per heavy atom. The van der Waals surface area contributed by atoms with E-state index in [0.29, 0.717) is 0 Å². The van der Waals surface area contributed by atoms with Gasteiger partial charge < -0.3 is 17.2 Å². The zero-order valence-corrected chi connectivity index (χ0v) is 37.8. The van der Waals surface area contributed by atoms with Crippen LogP contribution in [0.15, 0.2) is 48.1 Å². The van der Waals surface area contributed by atoms with E-state index < -0.39 is 0 Å². The molecule has 6 rings (SSSR count). The molecule has 0 amide bonds. The van der Waals surface area contributed by atoms with Crippen molar-refractivity contribution in [2.24, 2.45) is 65.9 Å². The smallest absolute Gasteiger partial charge is 0.0798 e. The highest BCUT2D eigenvalue weighted by Crippen LogP contribution is 2.65. The summed E-state index contributed by atoms with van der Waals surface area (Å²) in [7, 11) is 0. The lowest BCUT2D eigenvalue weighted by atomic mass is 9.51. The number of hydrogen-bond acceptors (Lipinski definition) is 6. The average molecular weight is 744 g/mol. The van der Waals surface area contributed by atoms with E-state index in [-0.39, 0.29) is 66.9 Å². The fraction of sp³-hybridized carbons (Fsp3) is 0.702. The Kier molecular flexibility index (Phi) is 11.4. The van der Waals surface area contributed by atoms with Crippen molar-refractivity contribution in [1.29, 1.82) is 0 Å². The third kappa shape index (κ3) is 6.88. The molecule has 3 aromatic rings. The zero-order chi connectivity index (χ0) is 40.6. The van der Waals surface area contributed by atoms with Gasteiger partial charge in [-0.2, -0.15) is 0 Å². The molecule has 0 unspecified atom stereocenters. The summed E-state index contributed by atoms with van der Waals surface area (Å²) in [6, 6.07) is 13.2. The van der Waals surface area contributed by atoms with Crippen LogP contribution in [0.2, 0.25) is 0 Å². The number of nitrogens with zero attached hydrogens (tertiary/aromatic N) is 2. The molecule has 0 fully saturated rings. The van der Waals surface area contributed by atoms with Crippen LogP contribution in [-0.2, 0) is 19.3 Å². The Balaban J connectivity index is 0.000000178. The lowest BCUT2D eigenvalue weighted by molar-refractivity contribution is -0.0463. The van der Waals surface area contributed by atoms with Crippen LogP contribution in [0.25, 0.3) is 0 Å². The first kappa shape index (κ1) is 43.6. The average Bonchev–Trinajstić information content (AvgIpc) is 3.73. The molecule has 0 saturated heterocycles. The van der Waals surface area contributed by atoms with Crippen molar-refractivity contribution in [2.75, 3.05) is 0 Å². The molecular formula is C47H77N5S. The van der Waals surface area contributed by atoms with Crippen LogP contribution in [0, 0.1) is 48.7 Å². The highest BCUT2D eigenvalue weighted by atomic mass is 32.1. The molecule has 6 N–H and O–H groups in total. The minimum atomic E-state index is 0.0523. The van der Waals surface area contributed by atoms with E-state index in [1.54, 1.807) is 11.3 Å². The first-order valence-corrected chi connectivity index (χ1v) is 20.9. The van der Waals surface area contributed by atoms with E-state index in [1.807, 2.05) is 17.8 Å². The van der Waals surface area contributed by atoms with Gasteiger partial charge in [-0.1, -0.05) is 155 Å². The zero-order valence-electron chi connectivity index (χ0n) is 37.0. The molecule has 0 aliphatic heterocycles. The second kappa shape index (κ2) is 13.8. The maximum Gasteiger partial charge on any atom is 0.0798 e. The molecule has 0 spiro atoms. The largest absolute Gasteiger partial charge is 0.323 e. The number of aromatic nitrogens is 2. The highest BCUT2D eigenvalue weighted by Gasteiger charge is 2.61. The van der Waals surface area contributed by atoms with Crippen molar-refractivity contribution < 1.29 is 0 Å². The van der Waals surface area contributed by atoms with Gasteiger partial charge in [0.2, 0.25) is 0 Å². The fourth-order valence-corrected chi connectivity index (χ4v) is 13.1. The van der Waals surface area contributed by atoms with Crippen LogP contribution in [0.1, 0.15) is 176 Å². The number of nitrogens with two attached hydrogens (primary N) is 3. The van der Waals surface area contributed by atoms with Crippen LogP contribution in [0.3, 0.4) is 0 Å². The first-order valence-electron chi connectivity index (χ1n) is 20.0. The maximum absolute atomic E-state index is 6.70. The summed E-state index contributed by atoms with van der Waals surface area (Å²) in [5, 5.41) is 0. The molecule has 296 valence electrons. The molecule has 5 nitrogen and oxygen atoms in total. The van der Waals surface area contributed by atoms with Crippen LogP contribution in [0.4, 0.5) is 0 Å². The molecule has 0 saturated carbocycles. The molecule has 2 heterocycles. The molecule has 0 bridgehead atoms. The summed E-state index contributed by atoms with van der Waals surface area (Å²) >= 11 is 1.72. The van der Waals surface area contributed by atoms with Gasteiger partial charge in [0.1, 0.15) is 0 Å². The normalized spacial score (nSPS) is 23.2. The molecule has 3 atom stereocenters. The maximum atomic E-state index is 6.70. The summed E-state index contributed by atoms with van der Waals surface area (Å²) in [6.07, 6.45) is 4.97. The van der Waals surface area contributed by atoms with Gasteiger partial charge in [0.15, 0.2) is 0 Å². The molecule has 53 heavy (non-hydrogen) atoms. The van der Waals surface area contributed by atoms with Gasteiger partial charge in [-0.15, -0.1) is 11.3 Å². The van der Waals surface area contributed by atoms with Gasteiger partial charge >= 0.3 is 0 Å². The van der Waals surface area contributed by atoms with E-state index >= 15 is 0 Å². The van der Waals surface area contributed by atoms with E-state index in [1.165, 1.54) is 33.0 Å². The monoisotopic (exact) mass is 744 g/mol. The lowest BCUT2D eigenvalue weighted by Crippen LogP contribution is -2.51.